The molecule has 0 radical (unpaired) electrons. The zero-order valence-electron chi connectivity index (χ0n) is 63.5. The maximum atomic E-state index is 11.4. The van der Waals surface area contributed by atoms with Gasteiger partial charge in [-0.15, -0.1) is 19.8 Å². The lowest BCUT2D eigenvalue weighted by atomic mass is 10.2. The lowest BCUT2D eigenvalue weighted by Crippen LogP contribution is -2.21. The van der Waals surface area contributed by atoms with Crippen LogP contribution in [0.3, 0.4) is 0 Å². The normalized spacial score (nSPS) is 11.8. The summed E-state index contributed by atoms with van der Waals surface area (Å²) in [5.74, 6) is -0.180. The quantitative estimate of drug-likeness (QED) is 0.00771. The van der Waals surface area contributed by atoms with E-state index in [0.29, 0.717) is 90.6 Å². The Kier molecular flexibility index (Phi) is 29.0. The number of benzene rings is 12. The van der Waals surface area contributed by atoms with Gasteiger partial charge >= 0.3 is 45.1 Å². The third kappa shape index (κ3) is 24.1. The van der Waals surface area contributed by atoms with Crippen molar-refractivity contribution in [2.75, 3.05) is 35.8 Å². The fourth-order valence-corrected chi connectivity index (χ4v) is 21.6. The van der Waals surface area contributed by atoms with Gasteiger partial charge in [0.1, 0.15) is 0 Å². The maximum Gasteiger partial charge on any atom is 0.366 e. The van der Waals surface area contributed by atoms with Crippen molar-refractivity contribution in [2.45, 2.75) is 0 Å². The molecule has 120 heavy (non-hydrogen) atoms. The highest BCUT2D eigenvalue weighted by molar-refractivity contribution is 8.38. The van der Waals surface area contributed by atoms with Crippen molar-refractivity contribution >= 4 is 160 Å². The summed E-state index contributed by atoms with van der Waals surface area (Å²) >= 11 is 19.2. The smallest absolute Gasteiger partial charge is 0.366 e. The number of anilines is 4. The summed E-state index contributed by atoms with van der Waals surface area (Å²) in [5.41, 5.74) is 18.6. The molecule has 0 amide bonds. The van der Waals surface area contributed by atoms with E-state index in [1.165, 1.54) is 58.1 Å². The standard InChI is InChI=1S/C86H73N13O14P4S3/c1-4-114(81-11-7-5-8-12-81,82-13-9-6-10-14-82)97-115(118,108-75-43-23-65(24-44-75)59-91-98(2)116(119,110-77-47-15-61(16-48-77)55-87-93-71-35-27-67(28-36-71)83(100)101)111-78-49-17-62(18-50-78)56-88-94-72-37-29-68(30-38-72)84(102)103)109-76-45-25-66(26-46-76)60-92-99(3)117(120,112-79-51-19-63(20-52-79)57-89-95-73-39-31-69(32-40-73)85(104)105)113-80-53-21-64(22-54-80)58-90-96-74-41-33-70(34-42-74)86(106)107/h4-60,93-96H,1H2,2-3H3,(H,100,101)(H,102,103)(H,104,105)(H,106,107)/b87-55-,88-56-,89-57-,90-58-,91-59-,92-60-. The first-order valence-electron chi connectivity index (χ1n) is 36.0. The summed E-state index contributed by atoms with van der Waals surface area (Å²) in [5, 5.41) is 65.7. The first-order valence-corrected chi connectivity index (χ1v) is 45.6. The van der Waals surface area contributed by atoms with Crippen LogP contribution in [0.1, 0.15) is 74.8 Å². The van der Waals surface area contributed by atoms with E-state index in [2.05, 4.69) is 48.7 Å². The first-order chi connectivity index (χ1) is 58.0. The summed E-state index contributed by atoms with van der Waals surface area (Å²) in [6, 6.07) is 86.2. The van der Waals surface area contributed by atoms with Crippen molar-refractivity contribution in [1.29, 1.82) is 0 Å². The Bertz CT molecular complexity index is 5210. The third-order valence-electron chi connectivity index (χ3n) is 17.0. The number of rotatable bonds is 38. The molecule has 8 N–H and O–H groups in total. The molecule has 0 unspecified atom stereocenters. The zero-order chi connectivity index (χ0) is 84.5. The predicted molar refractivity (Wildman–Crippen MR) is 486 cm³/mol. The summed E-state index contributed by atoms with van der Waals surface area (Å²) in [6.45, 7) is 4.37. The molecule has 0 bridgehead atoms. The number of nitrogens with zero attached hydrogens (tertiary/aromatic N) is 9. The van der Waals surface area contributed by atoms with Gasteiger partial charge in [0.25, 0.3) is 0 Å². The van der Waals surface area contributed by atoms with Gasteiger partial charge in [-0.05, 0) is 282 Å². The lowest BCUT2D eigenvalue weighted by molar-refractivity contribution is 0.0686. The second-order valence-electron chi connectivity index (χ2n) is 25.5. The largest absolute Gasteiger partial charge is 0.478 e. The molecule has 0 aromatic heterocycles. The molecule has 12 rings (SSSR count). The van der Waals surface area contributed by atoms with Crippen LogP contribution < -0.4 is 59.5 Å². The van der Waals surface area contributed by atoms with Gasteiger partial charge in [-0.25, -0.2) is 19.2 Å². The van der Waals surface area contributed by atoms with E-state index in [0.717, 1.165) is 10.6 Å². The summed E-state index contributed by atoms with van der Waals surface area (Å²) in [4.78, 5) is 45.4. The van der Waals surface area contributed by atoms with Crippen LogP contribution in [-0.4, -0.2) is 105 Å². The fourth-order valence-electron chi connectivity index (χ4n) is 10.7. The van der Waals surface area contributed by atoms with E-state index in [-0.39, 0.29) is 22.3 Å². The van der Waals surface area contributed by atoms with Crippen molar-refractivity contribution < 1.29 is 66.7 Å². The molecule has 0 aliphatic heterocycles. The lowest BCUT2D eigenvalue weighted by Gasteiger charge is -2.33. The van der Waals surface area contributed by atoms with Crippen LogP contribution in [-0.2, 0) is 36.7 Å². The van der Waals surface area contributed by atoms with E-state index in [4.69, 9.17) is 78.6 Å². The monoisotopic (exact) mass is 1730 g/mol. The molecule has 12 aromatic carbocycles. The number of hydrogen-bond acceptors (Lipinski definition) is 26. The number of aromatic carboxylic acids is 4. The molecule has 34 heteroatoms. The fraction of sp³-hybridized carbons (Fsp3) is 0.0233. The maximum absolute atomic E-state index is 11.4. The molecule has 0 heterocycles. The van der Waals surface area contributed by atoms with Crippen molar-refractivity contribution in [1.82, 2.24) is 9.56 Å². The van der Waals surface area contributed by atoms with E-state index < -0.39 is 52.1 Å². The first kappa shape index (κ1) is 85.8. The summed E-state index contributed by atoms with van der Waals surface area (Å²) < 4.78 is 48.5. The van der Waals surface area contributed by atoms with Gasteiger partial charge in [-0.2, -0.15) is 20.4 Å². The minimum Gasteiger partial charge on any atom is -0.478 e. The van der Waals surface area contributed by atoms with Crippen LogP contribution in [0.25, 0.3) is 0 Å². The van der Waals surface area contributed by atoms with E-state index in [1.807, 2.05) is 66.5 Å². The molecule has 0 atom stereocenters. The number of carboxylic acid groups (broad SMARTS) is 4. The highest BCUT2D eigenvalue weighted by Gasteiger charge is 2.40. The van der Waals surface area contributed by atoms with Crippen molar-refractivity contribution in [2.24, 2.45) is 35.1 Å². The van der Waals surface area contributed by atoms with Gasteiger partial charge in [-0.1, -0.05) is 71.8 Å². The Morgan fingerprint density at radius 2 is 0.542 bits per heavy atom. The van der Waals surface area contributed by atoms with E-state index in [1.54, 1.807) is 246 Å². The van der Waals surface area contributed by atoms with Crippen LogP contribution in [0.5, 0.6) is 34.5 Å². The highest BCUT2D eigenvalue weighted by Crippen LogP contribution is 2.68. The van der Waals surface area contributed by atoms with E-state index >= 15 is 0 Å². The molecule has 0 saturated heterocycles. The second kappa shape index (κ2) is 40.5. The number of hydrazone groups is 6. The van der Waals surface area contributed by atoms with Crippen LogP contribution in [0.4, 0.5) is 22.7 Å². The number of hydrogen-bond donors (Lipinski definition) is 8. The van der Waals surface area contributed by atoms with Crippen molar-refractivity contribution in [3.63, 3.8) is 0 Å². The molecule has 27 nitrogen and oxygen atoms in total. The predicted octanol–water partition coefficient (Wildman–Crippen LogP) is 19.2. The van der Waals surface area contributed by atoms with Crippen molar-refractivity contribution in [3.8, 4) is 34.5 Å². The Morgan fingerprint density at radius 3 is 0.758 bits per heavy atom. The van der Waals surface area contributed by atoms with Gasteiger partial charge in [0.15, 0.2) is 34.5 Å². The van der Waals surface area contributed by atoms with Gasteiger partial charge in [-0.3, -0.25) is 21.7 Å². The molecule has 604 valence electrons. The Labute approximate surface area is 708 Å². The molecule has 0 aliphatic rings. The summed E-state index contributed by atoms with van der Waals surface area (Å²) in [6.07, 6.45) is 9.54. The zero-order valence-corrected chi connectivity index (χ0v) is 69.6. The van der Waals surface area contributed by atoms with Gasteiger partial charge < -0.3 is 84.3 Å². The molecular formula is C86H73N13O14P4S3. The van der Waals surface area contributed by atoms with Crippen LogP contribution in [0.15, 0.2) is 351 Å². The minimum atomic E-state index is -3.85. The highest BCUT2D eigenvalue weighted by atomic mass is 32.7. The third-order valence-corrected chi connectivity index (χ3v) is 29.4. The van der Waals surface area contributed by atoms with Gasteiger partial charge in [0, 0.05) is 10.6 Å². The number of carboxylic acids is 4. The second-order valence-corrected chi connectivity index (χ2v) is 38.2. The molecule has 0 spiro atoms. The number of nitrogens with one attached hydrogen (secondary N) is 4. The SMILES string of the molecule is C=CP(=N[P+]([S-])(Oc1ccc(/C=N\N(C)[P+]([S-])(Oc2ccc(/C=N\Nc3ccc(C(=O)O)cc3)cc2)Oc2ccc(/C=N\Nc3ccc(C(=O)O)cc3)cc2)cc1)Oc1ccc(/C=N\N(C)[P+]([S-])(Oc2ccc(/C=N\Nc3ccc(C(=O)O)cc3)cc2)Oc2ccc(/C=N\Nc3ccc(C(=O)O)cc3)cc2)cc1)(c1ccccc1)c1ccccc1. The Morgan fingerprint density at radius 1 is 0.325 bits per heavy atom. The topological polar surface area (TPSA) is 346 Å². The number of carbonyl (C=O) groups is 4. The molecule has 0 aliphatic carbocycles. The van der Waals surface area contributed by atoms with Crippen LogP contribution in [0, 0.1) is 0 Å². The molecule has 12 aromatic rings. The van der Waals surface area contributed by atoms with E-state index in [9.17, 15) is 39.6 Å². The van der Waals surface area contributed by atoms with Crippen molar-refractivity contribution in [3.05, 3.63) is 371 Å². The van der Waals surface area contributed by atoms with Gasteiger partial charge in [0.2, 0.25) is 0 Å². The average molecular weight is 1730 g/mol. The molecule has 0 fully saturated rings. The average Bonchev–Trinajstić information content (AvgIpc) is 0.763. The minimum absolute atomic E-state index is 0.148. The van der Waals surface area contributed by atoms with Crippen LogP contribution >= 0.6 is 28.3 Å². The van der Waals surface area contributed by atoms with Crippen LogP contribution in [0.2, 0.25) is 0 Å². The molecular weight excluding hydrogens is 1660 g/mol. The van der Waals surface area contributed by atoms with Gasteiger partial charge in [0.05, 0.1) is 103 Å². The molecule has 0 saturated carbocycles. The Balaban J connectivity index is 0.778. The Hall–Kier alpha value is -13.6. The summed E-state index contributed by atoms with van der Waals surface area (Å²) in [7, 11) is -10.7.